The predicted octanol–water partition coefficient (Wildman–Crippen LogP) is 4.46. The number of hydrogen-bond acceptors (Lipinski definition) is 8. The summed E-state index contributed by atoms with van der Waals surface area (Å²) in [6, 6.07) is 10.2. The molecule has 2 amide bonds. The van der Waals surface area contributed by atoms with Gasteiger partial charge in [-0.3, -0.25) is 9.59 Å². The van der Waals surface area contributed by atoms with E-state index in [4.69, 9.17) is 39.4 Å². The molecule has 2 heterocycles. The zero-order valence-electron chi connectivity index (χ0n) is 27.4. The normalized spacial score (nSPS) is 17.1. The molecule has 0 bridgehead atoms. The Kier molecular flexibility index (Phi) is 11.5. The average molecular weight is 720 g/mol. The second-order valence-corrected chi connectivity index (χ2v) is 15.3. The Morgan fingerprint density at radius 3 is 2.44 bits per heavy atom. The molecule has 260 valence electrons. The predicted molar refractivity (Wildman–Crippen MR) is 188 cm³/mol. The second kappa shape index (κ2) is 15.3. The third kappa shape index (κ3) is 7.90. The monoisotopic (exact) mass is 718 g/mol. The number of aryl methyl sites for hydroxylation is 2. The lowest BCUT2D eigenvalue weighted by atomic mass is 9.96. The highest BCUT2D eigenvalue weighted by Gasteiger charge is 2.47. The Hall–Kier alpha value is -3.00. The van der Waals surface area contributed by atoms with Crippen LogP contribution in [0.1, 0.15) is 61.8 Å². The van der Waals surface area contributed by atoms with Crippen molar-refractivity contribution in [2.45, 2.75) is 81.9 Å². The van der Waals surface area contributed by atoms with E-state index in [1.165, 1.54) is 12.1 Å². The number of carbonyl (C=O) groups excluding carboxylic acids is 2. The van der Waals surface area contributed by atoms with Crippen molar-refractivity contribution in [3.05, 3.63) is 63.3 Å². The number of nitrogens with one attached hydrogen (secondary N) is 1. The van der Waals surface area contributed by atoms with Crippen LogP contribution >= 0.6 is 23.2 Å². The first kappa shape index (κ1) is 36.3. The standard InChI is InChI=1S/C34H44Cl2N6O5S/c1-22-19-23(2)39-32-25(22)8-5-9-28(32)47-21-26-27(35)10-11-29(31(26)36)48(45,46)40-34(12-3-4-13-34)33(44)42-17-15-41(16-18-42)30(43)20-24(38)7-6-14-37/h5,8-11,19,24,40H,3-4,6-7,12-18,20-21,37-38H2,1-2H3/t24-/m0/s1. The van der Waals surface area contributed by atoms with E-state index < -0.39 is 15.6 Å². The van der Waals surface area contributed by atoms with Crippen molar-refractivity contribution in [2.75, 3.05) is 32.7 Å². The Bertz CT molecular complexity index is 1780. The molecule has 1 aromatic heterocycles. The first-order valence-corrected chi connectivity index (χ1v) is 18.6. The number of carbonyl (C=O) groups is 2. The number of benzene rings is 2. The summed E-state index contributed by atoms with van der Waals surface area (Å²) in [4.78, 5) is 34.6. The number of fused-ring (bicyclic) bond motifs is 1. The lowest BCUT2D eigenvalue weighted by Gasteiger charge is -2.40. The van der Waals surface area contributed by atoms with Crippen molar-refractivity contribution in [1.29, 1.82) is 0 Å². The van der Waals surface area contributed by atoms with Crippen LogP contribution in [0.2, 0.25) is 10.0 Å². The van der Waals surface area contributed by atoms with Gasteiger partial charge in [-0.25, -0.2) is 13.4 Å². The zero-order chi connectivity index (χ0) is 34.6. The number of hydrogen-bond donors (Lipinski definition) is 3. The van der Waals surface area contributed by atoms with Gasteiger partial charge in [-0.2, -0.15) is 4.72 Å². The first-order valence-electron chi connectivity index (χ1n) is 16.4. The number of amides is 2. The highest BCUT2D eigenvalue weighted by molar-refractivity contribution is 7.89. The molecule has 2 fully saturated rings. The minimum atomic E-state index is -4.27. The van der Waals surface area contributed by atoms with Gasteiger partial charge >= 0.3 is 0 Å². The summed E-state index contributed by atoms with van der Waals surface area (Å²) in [6.07, 6.45) is 3.76. The molecule has 2 aromatic carbocycles. The van der Waals surface area contributed by atoms with Crippen LogP contribution in [0.15, 0.2) is 41.3 Å². The molecule has 1 atom stereocenters. The van der Waals surface area contributed by atoms with E-state index in [0.717, 1.165) is 23.1 Å². The maximum atomic E-state index is 14.0. The Labute approximate surface area is 292 Å². The van der Waals surface area contributed by atoms with Crippen LogP contribution in [0.25, 0.3) is 10.9 Å². The van der Waals surface area contributed by atoms with Crippen LogP contribution in [0.5, 0.6) is 5.75 Å². The quantitative estimate of drug-likeness (QED) is 0.248. The van der Waals surface area contributed by atoms with Crippen LogP contribution in [0.4, 0.5) is 0 Å². The van der Waals surface area contributed by atoms with E-state index in [0.29, 0.717) is 81.7 Å². The smallest absolute Gasteiger partial charge is 0.243 e. The molecule has 1 aliphatic heterocycles. The van der Waals surface area contributed by atoms with E-state index >= 15 is 0 Å². The fourth-order valence-electron chi connectivity index (χ4n) is 6.69. The molecule has 5 rings (SSSR count). The Morgan fingerprint density at radius 2 is 1.75 bits per heavy atom. The number of pyridine rings is 1. The molecule has 5 N–H and O–H groups in total. The molecule has 14 heteroatoms. The van der Waals surface area contributed by atoms with E-state index in [1.54, 1.807) is 15.9 Å². The Morgan fingerprint density at radius 1 is 1.06 bits per heavy atom. The van der Waals surface area contributed by atoms with Gasteiger partial charge in [-0.05, 0) is 75.9 Å². The molecule has 11 nitrogen and oxygen atoms in total. The summed E-state index contributed by atoms with van der Waals surface area (Å²) >= 11 is 13.3. The van der Waals surface area contributed by atoms with Crippen LogP contribution in [-0.4, -0.2) is 79.3 Å². The van der Waals surface area contributed by atoms with Gasteiger partial charge in [0.15, 0.2) is 0 Å². The Balaban J connectivity index is 1.30. The number of piperazine rings is 1. The van der Waals surface area contributed by atoms with Crippen molar-refractivity contribution >= 4 is 55.9 Å². The summed E-state index contributed by atoms with van der Waals surface area (Å²) < 4.78 is 36.8. The number of ether oxygens (including phenoxy) is 1. The van der Waals surface area contributed by atoms with Crippen molar-refractivity contribution < 1.29 is 22.7 Å². The van der Waals surface area contributed by atoms with Crippen LogP contribution < -0.4 is 20.9 Å². The number of aromatic nitrogens is 1. The summed E-state index contributed by atoms with van der Waals surface area (Å²) in [6.45, 7) is 5.65. The fraction of sp³-hybridized carbons (Fsp3) is 0.500. The highest BCUT2D eigenvalue weighted by atomic mass is 35.5. The van der Waals surface area contributed by atoms with Crippen molar-refractivity contribution in [1.82, 2.24) is 19.5 Å². The average Bonchev–Trinajstić information content (AvgIpc) is 3.52. The summed E-state index contributed by atoms with van der Waals surface area (Å²) in [7, 11) is -4.27. The van der Waals surface area contributed by atoms with Crippen LogP contribution in [0.3, 0.4) is 0 Å². The molecule has 0 radical (unpaired) electrons. The lowest BCUT2D eigenvalue weighted by Crippen LogP contribution is -2.61. The molecule has 48 heavy (non-hydrogen) atoms. The molecule has 1 saturated heterocycles. The number of sulfonamides is 1. The summed E-state index contributed by atoms with van der Waals surface area (Å²) in [5.74, 6) is 0.171. The van der Waals surface area contributed by atoms with Crippen molar-refractivity contribution in [3.63, 3.8) is 0 Å². The molecular formula is C34H44Cl2N6O5S. The fourth-order valence-corrected chi connectivity index (χ4v) is 8.99. The van der Waals surface area contributed by atoms with Gasteiger partial charge < -0.3 is 26.0 Å². The van der Waals surface area contributed by atoms with Crippen LogP contribution in [-0.2, 0) is 26.2 Å². The second-order valence-electron chi connectivity index (χ2n) is 12.8. The van der Waals surface area contributed by atoms with Gasteiger partial charge in [0.25, 0.3) is 0 Å². The lowest BCUT2D eigenvalue weighted by molar-refractivity contribution is -0.143. The number of nitrogens with zero attached hydrogens (tertiary/aromatic N) is 3. The van der Waals surface area contributed by atoms with Crippen molar-refractivity contribution in [3.8, 4) is 5.75 Å². The topological polar surface area (TPSA) is 161 Å². The highest BCUT2D eigenvalue weighted by Crippen LogP contribution is 2.37. The SMILES string of the molecule is Cc1cc(C)c2cccc(OCc3c(Cl)ccc(S(=O)(=O)NC4(C(=O)N5CCN(C(=O)C[C@@H](N)CCCN)CC5)CCCC4)c3Cl)c2n1. The number of rotatable bonds is 12. The molecule has 1 aliphatic carbocycles. The zero-order valence-corrected chi connectivity index (χ0v) is 29.8. The van der Waals surface area contributed by atoms with Crippen LogP contribution in [0, 0.1) is 13.8 Å². The molecule has 1 saturated carbocycles. The van der Waals surface area contributed by atoms with Gasteiger partial charge in [-0.15, -0.1) is 0 Å². The van der Waals surface area contributed by atoms with Gasteiger partial charge in [0.05, 0.1) is 5.02 Å². The maximum Gasteiger partial charge on any atom is 0.243 e. The first-order chi connectivity index (χ1) is 22.8. The van der Waals surface area contributed by atoms with Crippen molar-refractivity contribution in [2.24, 2.45) is 11.5 Å². The number of halogens is 2. The minimum Gasteiger partial charge on any atom is -0.487 e. The van der Waals surface area contributed by atoms with Gasteiger partial charge in [0.2, 0.25) is 21.8 Å². The summed E-state index contributed by atoms with van der Waals surface area (Å²) in [5, 5.41) is 1.12. The summed E-state index contributed by atoms with van der Waals surface area (Å²) in [5.41, 5.74) is 13.2. The maximum absolute atomic E-state index is 14.0. The molecule has 2 aliphatic rings. The minimum absolute atomic E-state index is 0.0537. The van der Waals surface area contributed by atoms with E-state index in [1.807, 2.05) is 32.0 Å². The number of para-hydroxylation sites is 1. The van der Waals surface area contributed by atoms with E-state index in [2.05, 4.69) is 9.71 Å². The molecule has 0 unspecified atom stereocenters. The van der Waals surface area contributed by atoms with Gasteiger partial charge in [-0.1, -0.05) is 48.2 Å². The largest absolute Gasteiger partial charge is 0.487 e. The molecule has 3 aromatic rings. The molecule has 0 spiro atoms. The third-order valence-electron chi connectivity index (χ3n) is 9.28. The van der Waals surface area contributed by atoms with Gasteiger partial charge in [0.1, 0.15) is 28.3 Å². The number of nitrogens with two attached hydrogens (primary N) is 2. The van der Waals surface area contributed by atoms with Gasteiger partial charge in [0, 0.05) is 60.3 Å². The molecular weight excluding hydrogens is 675 g/mol. The van der Waals surface area contributed by atoms with E-state index in [9.17, 15) is 18.0 Å². The third-order valence-corrected chi connectivity index (χ3v) is 11.8. The van der Waals surface area contributed by atoms with E-state index in [-0.39, 0.29) is 45.8 Å².